The van der Waals surface area contributed by atoms with Gasteiger partial charge >= 0.3 is 145 Å². The molecule has 1 rings (SSSR count). The zero-order valence-electron chi connectivity index (χ0n) is 16.9. The summed E-state index contributed by atoms with van der Waals surface area (Å²) in [5.41, 5.74) is 8.63. The third-order valence-corrected chi connectivity index (χ3v) is 37.3. The van der Waals surface area contributed by atoms with E-state index in [9.17, 15) is 0 Å². The fourth-order valence-electron chi connectivity index (χ4n) is 3.73. The maximum atomic E-state index is 3.85. The molecule has 0 aromatic carbocycles. The molecule has 0 bridgehead atoms. The molecule has 0 aliphatic carbocycles. The SMILES string of the molecule is CC(C)C1C[PH](C)(C)P(C)C#C[PH](C)(C)CP(C)P1(C)(C)C. The monoisotopic (exact) mass is 400 g/mol. The Morgan fingerprint density at radius 2 is 1.55 bits per heavy atom. The third-order valence-electron chi connectivity index (χ3n) is 5.94. The molecule has 0 saturated heterocycles. The van der Waals surface area contributed by atoms with E-state index in [2.05, 4.69) is 85.2 Å². The molecule has 1 heterocycles. The summed E-state index contributed by atoms with van der Waals surface area (Å²) in [5, 5.41) is 0. The Morgan fingerprint density at radius 1 is 1.05 bits per heavy atom. The van der Waals surface area contributed by atoms with E-state index in [4.69, 9.17) is 0 Å². The Bertz CT molecular complexity index is 473. The normalized spacial score (nSPS) is 41.1. The molecule has 5 heteroatoms. The molecule has 0 aromatic rings. The molecule has 3 unspecified atom stereocenters. The van der Waals surface area contributed by atoms with Crippen molar-refractivity contribution in [3.8, 4) is 11.3 Å². The zero-order chi connectivity index (χ0) is 17.6. The van der Waals surface area contributed by atoms with Crippen LogP contribution in [-0.4, -0.2) is 77.7 Å². The summed E-state index contributed by atoms with van der Waals surface area (Å²) < 4.78 is 0. The van der Waals surface area contributed by atoms with Gasteiger partial charge in [-0.3, -0.25) is 0 Å². The molecule has 0 spiro atoms. The second-order valence-corrected chi connectivity index (χ2v) is 40.4. The molecular weight excluding hydrogens is 359 g/mol. The second-order valence-electron chi connectivity index (χ2n) is 10.2. The van der Waals surface area contributed by atoms with Gasteiger partial charge in [-0.05, 0) is 0 Å². The molecular formula is C17H41P5. The van der Waals surface area contributed by atoms with E-state index in [1.54, 1.807) is 0 Å². The van der Waals surface area contributed by atoms with Crippen LogP contribution in [0.5, 0.6) is 0 Å². The van der Waals surface area contributed by atoms with Crippen LogP contribution in [0, 0.1) is 17.2 Å². The molecule has 1 aliphatic rings. The average molecular weight is 400 g/mol. The first kappa shape index (κ1) is 21.8. The van der Waals surface area contributed by atoms with Gasteiger partial charge in [-0.15, -0.1) is 0 Å². The molecule has 0 N–H and O–H groups in total. The van der Waals surface area contributed by atoms with Crippen LogP contribution in [-0.2, 0) is 0 Å². The number of hydrogen-bond donors (Lipinski definition) is 0. The van der Waals surface area contributed by atoms with E-state index in [0.29, 0.717) is 0 Å². The predicted molar refractivity (Wildman–Crippen MR) is 127 cm³/mol. The van der Waals surface area contributed by atoms with Gasteiger partial charge in [-0.25, -0.2) is 0 Å². The van der Waals surface area contributed by atoms with E-state index < -0.39 is 20.5 Å². The fourth-order valence-corrected chi connectivity index (χ4v) is 35.1. The van der Waals surface area contributed by atoms with Gasteiger partial charge in [0.25, 0.3) is 0 Å². The van der Waals surface area contributed by atoms with Gasteiger partial charge in [-0.2, -0.15) is 0 Å². The molecule has 3 atom stereocenters. The Kier molecular flexibility index (Phi) is 6.71. The summed E-state index contributed by atoms with van der Waals surface area (Å²) in [6.07, 6.45) is -0.131. The van der Waals surface area contributed by atoms with Gasteiger partial charge in [0.15, 0.2) is 0 Å². The summed E-state index contributed by atoms with van der Waals surface area (Å²) in [7, 11) is -1.30. The van der Waals surface area contributed by atoms with E-state index in [-0.39, 0.29) is 15.2 Å². The zero-order valence-corrected chi connectivity index (χ0v) is 21.6. The predicted octanol–water partition coefficient (Wildman–Crippen LogP) is 6.42. The Hall–Kier alpha value is 1.71. The first-order chi connectivity index (χ1) is 9.57. The summed E-state index contributed by atoms with van der Waals surface area (Å²) in [6.45, 7) is 27.4. The van der Waals surface area contributed by atoms with Crippen molar-refractivity contribution in [2.24, 2.45) is 5.92 Å². The fraction of sp³-hybridized carbons (Fsp3) is 0.882. The van der Waals surface area contributed by atoms with Gasteiger partial charge in [0.05, 0.1) is 0 Å². The van der Waals surface area contributed by atoms with E-state index in [1.807, 2.05) is 0 Å². The summed E-state index contributed by atoms with van der Waals surface area (Å²) in [4.78, 5) is 0. The summed E-state index contributed by atoms with van der Waals surface area (Å²) >= 11 is 0. The van der Waals surface area contributed by atoms with Crippen LogP contribution in [0.1, 0.15) is 13.8 Å². The maximum absolute atomic E-state index is 3.85. The number of hydrogen-bond acceptors (Lipinski definition) is 0. The van der Waals surface area contributed by atoms with Crippen LogP contribution in [0.15, 0.2) is 0 Å². The standard InChI is InChI=1S/C17H41P5/c1-16(2)17-14-21(7,8)18(3)12-13-20(5,6)15-19(4)22(17,9,10)11/h16-17,20-21H,14-15H2,1-11H3. The van der Waals surface area contributed by atoms with Gasteiger partial charge < -0.3 is 0 Å². The molecule has 0 amide bonds. The molecule has 0 fully saturated rings. The van der Waals surface area contributed by atoms with Crippen LogP contribution in [0.2, 0.25) is 0 Å². The van der Waals surface area contributed by atoms with Crippen molar-refractivity contribution >= 4 is 35.7 Å². The van der Waals surface area contributed by atoms with Crippen LogP contribution in [0.25, 0.3) is 0 Å². The van der Waals surface area contributed by atoms with Crippen LogP contribution < -0.4 is 0 Å². The van der Waals surface area contributed by atoms with E-state index in [1.165, 1.54) is 12.1 Å². The topological polar surface area (TPSA) is 0 Å². The quantitative estimate of drug-likeness (QED) is 0.352. The van der Waals surface area contributed by atoms with Gasteiger partial charge in [0, 0.05) is 0 Å². The molecule has 0 aromatic heterocycles. The Balaban J connectivity index is 3.49. The second kappa shape index (κ2) is 6.79. The van der Waals surface area contributed by atoms with E-state index >= 15 is 0 Å². The van der Waals surface area contributed by atoms with Crippen molar-refractivity contribution in [2.45, 2.75) is 19.5 Å². The van der Waals surface area contributed by atoms with Crippen LogP contribution >= 0.6 is 35.7 Å². The first-order valence-electron chi connectivity index (χ1n) is 8.56. The van der Waals surface area contributed by atoms with Crippen molar-refractivity contribution < 1.29 is 0 Å². The van der Waals surface area contributed by atoms with Gasteiger partial charge in [-0.1, -0.05) is 0 Å². The Labute approximate surface area is 144 Å². The van der Waals surface area contributed by atoms with Gasteiger partial charge in [0.2, 0.25) is 0 Å². The van der Waals surface area contributed by atoms with Crippen molar-refractivity contribution in [3.05, 3.63) is 0 Å². The van der Waals surface area contributed by atoms with Crippen molar-refractivity contribution in [1.82, 2.24) is 0 Å². The summed E-state index contributed by atoms with van der Waals surface area (Å²) in [5.74, 6) is 2.29. The molecule has 0 radical (unpaired) electrons. The third kappa shape index (κ3) is 4.87. The van der Waals surface area contributed by atoms with Crippen molar-refractivity contribution in [2.75, 3.05) is 72.0 Å². The molecule has 0 nitrogen and oxygen atoms in total. The molecule has 0 saturated carbocycles. The minimum atomic E-state index is -1.64. The van der Waals surface area contributed by atoms with Crippen molar-refractivity contribution in [1.29, 1.82) is 0 Å². The molecule has 22 heavy (non-hydrogen) atoms. The Morgan fingerprint density at radius 3 is 2.00 bits per heavy atom. The average Bonchev–Trinajstić information content (AvgIpc) is 2.30. The van der Waals surface area contributed by atoms with Crippen LogP contribution in [0.3, 0.4) is 0 Å². The summed E-state index contributed by atoms with van der Waals surface area (Å²) in [6, 6.07) is 0. The minimum absolute atomic E-state index is 0.0548. The van der Waals surface area contributed by atoms with Gasteiger partial charge in [0.1, 0.15) is 0 Å². The molecule has 1 aliphatic heterocycles. The van der Waals surface area contributed by atoms with Crippen LogP contribution in [0.4, 0.5) is 0 Å². The molecule has 134 valence electrons. The first-order valence-corrected chi connectivity index (χ1v) is 23.9. The van der Waals surface area contributed by atoms with Crippen molar-refractivity contribution in [3.63, 3.8) is 0 Å². The number of rotatable bonds is 1. The van der Waals surface area contributed by atoms with E-state index in [0.717, 1.165) is 11.6 Å².